The van der Waals surface area contributed by atoms with E-state index in [0.717, 1.165) is 18.4 Å². The van der Waals surface area contributed by atoms with Crippen LogP contribution in [0.2, 0.25) is 0 Å². The maximum atomic E-state index is 12.2. The van der Waals surface area contributed by atoms with Crippen molar-refractivity contribution in [3.8, 4) is 0 Å². The van der Waals surface area contributed by atoms with E-state index in [1.54, 1.807) is 21.1 Å². The van der Waals surface area contributed by atoms with Crippen LogP contribution < -0.4 is 0 Å². The lowest BCUT2D eigenvalue weighted by Gasteiger charge is -2.58. The van der Waals surface area contributed by atoms with E-state index >= 15 is 0 Å². The Labute approximate surface area is 131 Å². The minimum atomic E-state index is -0.992. The molecule has 0 spiro atoms. The van der Waals surface area contributed by atoms with Gasteiger partial charge in [0.1, 0.15) is 0 Å². The summed E-state index contributed by atoms with van der Waals surface area (Å²) in [5.41, 5.74) is 1.15. The van der Waals surface area contributed by atoms with E-state index in [1.807, 2.05) is 0 Å². The Bertz CT molecular complexity index is 527. The Hall–Kier alpha value is -0.910. The lowest BCUT2D eigenvalue weighted by Crippen LogP contribution is -2.61. The fourth-order valence-electron chi connectivity index (χ4n) is 4.96. The summed E-state index contributed by atoms with van der Waals surface area (Å²) in [4.78, 5) is 12.2. The van der Waals surface area contributed by atoms with Crippen molar-refractivity contribution < 1.29 is 24.1 Å². The normalized spacial score (nSPS) is 48.0. The fourth-order valence-corrected chi connectivity index (χ4v) is 4.96. The zero-order chi connectivity index (χ0) is 16.3. The molecule has 6 atom stereocenters. The molecule has 0 bridgehead atoms. The van der Waals surface area contributed by atoms with Crippen molar-refractivity contribution in [1.29, 1.82) is 0 Å². The minimum Gasteiger partial charge on any atom is -0.425 e. The summed E-state index contributed by atoms with van der Waals surface area (Å²) in [6.07, 6.45) is 1.66. The summed E-state index contributed by atoms with van der Waals surface area (Å²) in [6.45, 7) is 6.02. The van der Waals surface area contributed by atoms with Crippen LogP contribution in [0.5, 0.6) is 0 Å². The predicted molar refractivity (Wildman–Crippen MR) is 79.9 cm³/mol. The molecule has 0 aromatic rings. The second-order valence-corrected chi connectivity index (χ2v) is 7.20. The quantitative estimate of drug-likeness (QED) is 0.791. The van der Waals surface area contributed by atoms with Gasteiger partial charge in [-0.1, -0.05) is 13.8 Å². The standard InChI is InChI=1S/C17H26O5/c1-9-13-14(20-4)16(3)10(2)12(18)7-6-11(16)8-17(13,21-5)22-15(9)19/h10-12,14,18H,6-8H2,1-5H3. The highest BCUT2D eigenvalue weighted by atomic mass is 16.7. The molecule has 1 N–H and O–H groups in total. The number of esters is 1. The van der Waals surface area contributed by atoms with E-state index < -0.39 is 5.79 Å². The third-order valence-corrected chi connectivity index (χ3v) is 6.53. The van der Waals surface area contributed by atoms with E-state index in [2.05, 4.69) is 13.8 Å². The molecule has 124 valence electrons. The number of carbonyl (C=O) groups excluding carboxylic acids is 1. The van der Waals surface area contributed by atoms with Crippen LogP contribution in [0.4, 0.5) is 0 Å². The Morgan fingerprint density at radius 2 is 2.00 bits per heavy atom. The van der Waals surface area contributed by atoms with Crippen molar-refractivity contribution >= 4 is 5.97 Å². The number of hydrogen-bond donors (Lipinski definition) is 1. The molecule has 3 rings (SSSR count). The molecular formula is C17H26O5. The molecule has 0 radical (unpaired) electrons. The predicted octanol–water partition coefficient (Wildman–Crippen LogP) is 2.03. The molecular weight excluding hydrogens is 284 g/mol. The van der Waals surface area contributed by atoms with Crippen LogP contribution in [0.1, 0.15) is 40.0 Å². The second-order valence-electron chi connectivity index (χ2n) is 7.20. The van der Waals surface area contributed by atoms with Crippen LogP contribution in [0.25, 0.3) is 0 Å². The summed E-state index contributed by atoms with van der Waals surface area (Å²) < 4.78 is 17.2. The zero-order valence-electron chi connectivity index (χ0n) is 14.0. The largest absolute Gasteiger partial charge is 0.425 e. The average molecular weight is 310 g/mol. The van der Waals surface area contributed by atoms with Gasteiger partial charge in [-0.15, -0.1) is 0 Å². The Balaban J connectivity index is 2.15. The van der Waals surface area contributed by atoms with Gasteiger partial charge in [0.2, 0.25) is 5.79 Å². The van der Waals surface area contributed by atoms with E-state index in [1.165, 1.54) is 0 Å². The summed E-state index contributed by atoms with van der Waals surface area (Å²) in [5, 5.41) is 10.4. The molecule has 0 saturated heterocycles. The molecule has 1 aliphatic heterocycles. The van der Waals surface area contributed by atoms with E-state index in [0.29, 0.717) is 12.0 Å². The van der Waals surface area contributed by atoms with Gasteiger partial charge in [0.25, 0.3) is 0 Å². The van der Waals surface area contributed by atoms with Crippen molar-refractivity contribution in [3.63, 3.8) is 0 Å². The molecule has 0 aromatic carbocycles. The minimum absolute atomic E-state index is 0.0852. The highest BCUT2D eigenvalue weighted by molar-refractivity contribution is 5.92. The van der Waals surface area contributed by atoms with Gasteiger partial charge in [0, 0.05) is 37.2 Å². The second kappa shape index (κ2) is 5.05. The van der Waals surface area contributed by atoms with Gasteiger partial charge in [0.05, 0.1) is 12.2 Å². The molecule has 2 aliphatic carbocycles. The fraction of sp³-hybridized carbons (Fsp3) is 0.824. The molecule has 5 nitrogen and oxygen atoms in total. The maximum Gasteiger partial charge on any atom is 0.336 e. The number of methoxy groups -OCH3 is 2. The SMILES string of the molecule is COC1C2=C(C)C(=O)OC2(OC)CC2CCC(O)C(C)C21C. The number of carbonyl (C=O) groups is 1. The monoisotopic (exact) mass is 310 g/mol. The molecule has 2 fully saturated rings. The van der Waals surface area contributed by atoms with Crippen molar-refractivity contribution in [3.05, 3.63) is 11.1 Å². The summed E-state index contributed by atoms with van der Waals surface area (Å²) in [5.74, 6) is -0.955. The summed E-state index contributed by atoms with van der Waals surface area (Å²) in [7, 11) is 3.25. The van der Waals surface area contributed by atoms with Gasteiger partial charge in [-0.2, -0.15) is 0 Å². The highest BCUT2D eigenvalue weighted by Gasteiger charge is 2.65. The first kappa shape index (κ1) is 16.0. The van der Waals surface area contributed by atoms with Crippen molar-refractivity contribution in [2.75, 3.05) is 14.2 Å². The summed E-state index contributed by atoms with van der Waals surface area (Å²) >= 11 is 0. The van der Waals surface area contributed by atoms with Crippen LogP contribution in [0.15, 0.2) is 11.1 Å². The van der Waals surface area contributed by atoms with Crippen molar-refractivity contribution in [2.45, 2.75) is 58.0 Å². The third-order valence-electron chi connectivity index (χ3n) is 6.53. The van der Waals surface area contributed by atoms with Crippen molar-refractivity contribution in [1.82, 2.24) is 0 Å². The number of fused-ring (bicyclic) bond motifs is 2. The van der Waals surface area contributed by atoms with E-state index in [9.17, 15) is 9.90 Å². The van der Waals surface area contributed by atoms with Crippen LogP contribution in [-0.2, 0) is 19.0 Å². The molecule has 1 heterocycles. The number of aliphatic hydroxyl groups is 1. The Morgan fingerprint density at radius 1 is 1.32 bits per heavy atom. The lowest BCUT2D eigenvalue weighted by molar-refractivity contribution is -0.242. The summed E-state index contributed by atoms with van der Waals surface area (Å²) in [6, 6.07) is 0. The Morgan fingerprint density at radius 3 is 2.59 bits per heavy atom. The van der Waals surface area contributed by atoms with Crippen LogP contribution in [0.3, 0.4) is 0 Å². The molecule has 0 aromatic heterocycles. The van der Waals surface area contributed by atoms with Gasteiger partial charge in [-0.05, 0) is 31.6 Å². The number of ether oxygens (including phenoxy) is 3. The molecule has 22 heavy (non-hydrogen) atoms. The zero-order valence-corrected chi connectivity index (χ0v) is 14.0. The van der Waals surface area contributed by atoms with Crippen LogP contribution >= 0.6 is 0 Å². The van der Waals surface area contributed by atoms with Gasteiger partial charge in [0.15, 0.2) is 0 Å². The third kappa shape index (κ3) is 1.79. The lowest BCUT2D eigenvalue weighted by atomic mass is 9.51. The highest BCUT2D eigenvalue weighted by Crippen LogP contribution is 2.61. The molecule has 5 heteroatoms. The molecule has 0 amide bonds. The smallest absolute Gasteiger partial charge is 0.336 e. The topological polar surface area (TPSA) is 65.0 Å². The molecule has 2 saturated carbocycles. The molecule has 6 unspecified atom stereocenters. The number of aliphatic hydroxyl groups excluding tert-OH is 1. The van der Waals surface area contributed by atoms with Crippen molar-refractivity contribution in [2.24, 2.45) is 17.3 Å². The van der Waals surface area contributed by atoms with Gasteiger partial charge in [-0.25, -0.2) is 4.79 Å². The average Bonchev–Trinajstić information content (AvgIpc) is 2.75. The first-order chi connectivity index (χ1) is 10.3. The van der Waals surface area contributed by atoms with Gasteiger partial charge < -0.3 is 19.3 Å². The van der Waals surface area contributed by atoms with Gasteiger partial charge in [-0.3, -0.25) is 0 Å². The van der Waals surface area contributed by atoms with E-state index in [-0.39, 0.29) is 35.4 Å². The number of hydrogen-bond acceptors (Lipinski definition) is 5. The van der Waals surface area contributed by atoms with Gasteiger partial charge >= 0.3 is 5.97 Å². The maximum absolute atomic E-state index is 12.2. The van der Waals surface area contributed by atoms with Crippen LogP contribution in [0, 0.1) is 17.3 Å². The first-order valence-electron chi connectivity index (χ1n) is 8.02. The van der Waals surface area contributed by atoms with E-state index in [4.69, 9.17) is 14.2 Å². The Kier molecular flexibility index (Phi) is 3.66. The first-order valence-corrected chi connectivity index (χ1v) is 8.02. The number of rotatable bonds is 2. The molecule has 3 aliphatic rings. The van der Waals surface area contributed by atoms with Crippen LogP contribution in [-0.4, -0.2) is 43.3 Å².